The summed E-state index contributed by atoms with van der Waals surface area (Å²) < 4.78 is 18.8. The van der Waals surface area contributed by atoms with E-state index in [1.54, 1.807) is 0 Å². The summed E-state index contributed by atoms with van der Waals surface area (Å²) in [5.74, 6) is 0. The monoisotopic (exact) mass is 202 g/mol. The minimum Gasteiger partial charge on any atom is -2.00 e. The van der Waals surface area contributed by atoms with Gasteiger partial charge < -0.3 is 20.7 Å². The third kappa shape index (κ3) is 197. The molecule has 0 amide bonds. The van der Waals surface area contributed by atoms with Crippen LogP contribution in [0.15, 0.2) is 0 Å². The van der Waals surface area contributed by atoms with E-state index in [0.29, 0.717) is 0 Å². The number of halogens is 1. The summed E-state index contributed by atoms with van der Waals surface area (Å²) in [4.78, 5) is 15.4. The predicted molar refractivity (Wildman–Crippen MR) is 12.3 cm³/mol. The van der Waals surface area contributed by atoms with E-state index in [1.165, 1.54) is 0 Å². The van der Waals surface area contributed by atoms with E-state index in [9.17, 15) is 4.20 Å². The zero-order chi connectivity index (χ0) is 4.50. The Labute approximate surface area is 88.1 Å². The predicted octanol–water partition coefficient (Wildman–Crippen LogP) is -3.82. The van der Waals surface area contributed by atoms with Crippen LogP contribution in [0.2, 0.25) is 0 Å². The first kappa shape index (κ1) is 31.0. The van der Waals surface area contributed by atoms with Crippen molar-refractivity contribution in [2.75, 3.05) is 0 Å². The van der Waals surface area contributed by atoms with Crippen LogP contribution in [-0.4, -0.2) is 4.89 Å². The molecule has 0 aromatic carbocycles. The molecule has 0 saturated heterocycles. The molecule has 0 radical (unpaired) electrons. The van der Waals surface area contributed by atoms with Crippen LogP contribution in [-0.2, 0) is 37.2 Å². The van der Waals surface area contributed by atoms with Crippen LogP contribution < -0.4 is 34.5 Å². The maximum atomic E-state index is 10.2. The molecule has 0 saturated carbocycles. The second-order valence-corrected chi connectivity index (χ2v) is 1.35. The summed E-state index contributed by atoms with van der Waals surface area (Å²) in [6.45, 7) is 0. The average Bonchev–Trinajstić information content (AvgIpc) is 0.722. The number of hydrogen-bond acceptors (Lipinski definition) is 2. The van der Waals surface area contributed by atoms with Crippen LogP contribution in [0.3, 0.4) is 0 Å². The van der Waals surface area contributed by atoms with Gasteiger partial charge >= 0.3 is 59.2 Å². The van der Waals surface area contributed by atoms with E-state index >= 15 is 0 Å². The topological polar surface area (TPSA) is 117 Å². The van der Waals surface area contributed by atoms with Gasteiger partial charge in [0.05, 0.1) is 0 Å². The number of rotatable bonds is 0. The van der Waals surface area contributed by atoms with Gasteiger partial charge in [0.15, 0.2) is 0 Å². The SMILES string of the molecule is O=P([O-])(O)F.[Na+].[O-2].[O-2].[Ti+4]. The molecule has 48 valence electrons. The van der Waals surface area contributed by atoms with E-state index in [1.807, 2.05) is 0 Å². The van der Waals surface area contributed by atoms with Gasteiger partial charge in [0.25, 0.3) is 0 Å². The Kier molecular flexibility index (Phi) is 42.6. The van der Waals surface area contributed by atoms with Crippen molar-refractivity contribution in [2.24, 2.45) is 0 Å². The van der Waals surface area contributed by atoms with Crippen molar-refractivity contribution in [3.63, 3.8) is 0 Å². The fraction of sp³-hybridized carbons (Fsp3) is 0. The molecule has 0 aromatic rings. The van der Waals surface area contributed by atoms with Crippen LogP contribution >= 0.6 is 7.91 Å². The molecule has 9 heavy (non-hydrogen) atoms. The molecule has 0 aliphatic heterocycles. The summed E-state index contributed by atoms with van der Waals surface area (Å²) in [7, 11) is -5.39. The molecule has 0 aliphatic carbocycles. The van der Waals surface area contributed by atoms with Gasteiger partial charge in [-0.15, -0.1) is 0 Å². The van der Waals surface area contributed by atoms with Gasteiger partial charge in [-0.2, -0.15) is 4.20 Å². The molecular weight excluding hydrogens is 201 g/mol. The molecule has 0 spiro atoms. The summed E-state index contributed by atoms with van der Waals surface area (Å²) >= 11 is 0. The van der Waals surface area contributed by atoms with Gasteiger partial charge in [-0.1, -0.05) is 0 Å². The van der Waals surface area contributed by atoms with Crippen molar-refractivity contribution in [2.45, 2.75) is 0 Å². The Morgan fingerprint density at radius 1 is 1.44 bits per heavy atom. The molecule has 0 aromatic heterocycles. The Bertz CT molecular complexity index is 63.1. The van der Waals surface area contributed by atoms with Crippen molar-refractivity contribution in [1.29, 1.82) is 0 Å². The Morgan fingerprint density at radius 2 is 1.44 bits per heavy atom. The van der Waals surface area contributed by atoms with E-state index < -0.39 is 7.91 Å². The average molecular weight is 202 g/mol. The molecule has 1 unspecified atom stereocenters. The van der Waals surface area contributed by atoms with Crippen molar-refractivity contribution in [1.82, 2.24) is 0 Å². The largest absolute Gasteiger partial charge is 4.00 e. The summed E-state index contributed by atoms with van der Waals surface area (Å²) in [5.41, 5.74) is 0. The maximum Gasteiger partial charge on any atom is 4.00 e. The summed E-state index contributed by atoms with van der Waals surface area (Å²) in [6.07, 6.45) is 0. The normalized spacial score (nSPS) is 11.9. The van der Waals surface area contributed by atoms with Crippen LogP contribution in [0.25, 0.3) is 0 Å². The molecule has 0 rings (SSSR count). The Hall–Kier alpha value is 1.71. The molecule has 0 aliphatic rings. The first-order chi connectivity index (χ1) is 2.00. The second-order valence-electron chi connectivity index (χ2n) is 0.451. The zero-order valence-electron chi connectivity index (χ0n) is 4.41. The van der Waals surface area contributed by atoms with E-state index in [2.05, 4.69) is 0 Å². The third-order valence-electron chi connectivity index (χ3n) is 0. The molecule has 5 nitrogen and oxygen atoms in total. The molecule has 0 bridgehead atoms. The minimum atomic E-state index is -5.39. The molecule has 1 atom stereocenters. The van der Waals surface area contributed by atoms with Crippen molar-refractivity contribution in [3.8, 4) is 0 Å². The quantitative estimate of drug-likeness (QED) is 0.320. The fourth-order valence-corrected chi connectivity index (χ4v) is 0. The van der Waals surface area contributed by atoms with Gasteiger partial charge in [0, 0.05) is 0 Å². The molecule has 1 N–H and O–H groups in total. The van der Waals surface area contributed by atoms with Gasteiger partial charge in [0.2, 0.25) is 0 Å². The molecule has 0 fully saturated rings. The number of hydrogen-bond donors (Lipinski definition) is 1. The maximum absolute atomic E-state index is 10.2. The van der Waals surface area contributed by atoms with Crippen molar-refractivity contribution < 1.29 is 80.8 Å². The second kappa shape index (κ2) is 12.4. The first-order valence-corrected chi connectivity index (χ1v) is 2.20. The Morgan fingerprint density at radius 3 is 1.44 bits per heavy atom. The third-order valence-corrected chi connectivity index (χ3v) is 0. The van der Waals surface area contributed by atoms with E-state index in [-0.39, 0.29) is 62.2 Å². The Balaban J connectivity index is -0.0000000133. The molecule has 9 heteroatoms. The van der Waals surface area contributed by atoms with E-state index in [0.717, 1.165) is 0 Å². The van der Waals surface area contributed by atoms with Crippen LogP contribution in [0.5, 0.6) is 0 Å². The summed E-state index contributed by atoms with van der Waals surface area (Å²) in [5, 5.41) is 0. The van der Waals surface area contributed by atoms with Gasteiger partial charge in [-0.3, -0.25) is 4.57 Å². The van der Waals surface area contributed by atoms with Gasteiger partial charge in [0.1, 0.15) is 0 Å². The van der Waals surface area contributed by atoms with Crippen molar-refractivity contribution in [3.05, 3.63) is 0 Å². The molecular formula is HFNaO5PTi. The summed E-state index contributed by atoms with van der Waals surface area (Å²) in [6, 6.07) is 0. The fourth-order valence-electron chi connectivity index (χ4n) is 0. The zero-order valence-corrected chi connectivity index (χ0v) is 8.86. The van der Waals surface area contributed by atoms with Crippen LogP contribution in [0.4, 0.5) is 4.20 Å². The van der Waals surface area contributed by atoms with E-state index in [4.69, 9.17) is 14.4 Å². The minimum absolute atomic E-state index is 0. The van der Waals surface area contributed by atoms with Gasteiger partial charge in [-0.25, -0.2) is 0 Å². The van der Waals surface area contributed by atoms with Crippen molar-refractivity contribution >= 4 is 7.91 Å². The first-order valence-electron chi connectivity index (χ1n) is 0.734. The van der Waals surface area contributed by atoms with Crippen LogP contribution in [0.1, 0.15) is 0 Å². The smallest absolute Gasteiger partial charge is 2.00 e. The van der Waals surface area contributed by atoms with Gasteiger partial charge in [-0.05, 0) is 0 Å². The van der Waals surface area contributed by atoms with Crippen LogP contribution in [0, 0.1) is 0 Å². The standard InChI is InChI=1S/FH2O3P.Na.2O.Ti/c1-5(2,3)4;;;;/h(H2,2,3,4);;;;/q;+1;2*-2;+4/p-1. The molecule has 0 heterocycles.